The van der Waals surface area contributed by atoms with Crippen molar-refractivity contribution >= 4 is 20.6 Å². The number of carbonyl (C=O) groups is 1. The van der Waals surface area contributed by atoms with Crippen molar-refractivity contribution in [3.05, 3.63) is 0 Å². The zero-order chi connectivity index (χ0) is 3.58. The maximum Gasteiger partial charge on any atom is 0.194 e. The van der Waals surface area contributed by atoms with Crippen LogP contribution in [-0.4, -0.2) is 4.69 Å². The Morgan fingerprint density at radius 2 is 1.80 bits per heavy atom. The summed E-state index contributed by atoms with van der Waals surface area (Å²) in [4.78, 5) is 9.36. The van der Waals surface area contributed by atoms with Crippen LogP contribution < -0.4 is 6.15 Å². The summed E-state index contributed by atoms with van der Waals surface area (Å²) in [5.41, 5.74) is 0. The fourth-order valence-electron chi connectivity index (χ4n) is 0. The standard InChI is InChI=1S/C2H3BrO.H3N/c1-2(3)4;/h1H3;1H3. The summed E-state index contributed by atoms with van der Waals surface area (Å²) < 4.78 is -0.0208. The molecule has 0 aliphatic heterocycles. The Labute approximate surface area is 39.3 Å². The zero-order valence-electron chi connectivity index (χ0n) is 2.99. The van der Waals surface area contributed by atoms with E-state index >= 15 is 0 Å². The predicted molar refractivity (Wildman–Crippen MR) is 24.6 cm³/mol. The van der Waals surface area contributed by atoms with Gasteiger partial charge >= 0.3 is 0 Å². The van der Waals surface area contributed by atoms with E-state index in [-0.39, 0.29) is 10.8 Å². The van der Waals surface area contributed by atoms with Crippen molar-refractivity contribution in [2.24, 2.45) is 0 Å². The Balaban J connectivity index is 0. The molecular weight excluding hydrogens is 134 g/mol. The highest BCUT2D eigenvalue weighted by Crippen LogP contribution is 1.74. The van der Waals surface area contributed by atoms with E-state index in [4.69, 9.17) is 0 Å². The molecule has 0 amide bonds. The first-order chi connectivity index (χ1) is 1.73. The van der Waals surface area contributed by atoms with E-state index in [2.05, 4.69) is 15.9 Å². The van der Waals surface area contributed by atoms with Crippen molar-refractivity contribution in [3.63, 3.8) is 0 Å². The van der Waals surface area contributed by atoms with E-state index in [9.17, 15) is 4.79 Å². The van der Waals surface area contributed by atoms with Crippen LogP contribution in [0.25, 0.3) is 0 Å². The summed E-state index contributed by atoms with van der Waals surface area (Å²) >= 11 is 2.63. The molecule has 0 aromatic carbocycles. The molecule has 0 aliphatic rings. The first kappa shape index (κ1) is 8.92. The molecule has 3 N–H and O–H groups in total. The van der Waals surface area contributed by atoms with Gasteiger partial charge in [-0.3, -0.25) is 4.79 Å². The first-order valence-corrected chi connectivity index (χ1v) is 1.69. The van der Waals surface area contributed by atoms with Gasteiger partial charge in [0.25, 0.3) is 0 Å². The molecule has 2 nitrogen and oxygen atoms in total. The van der Waals surface area contributed by atoms with Gasteiger partial charge in [-0.2, -0.15) is 0 Å². The van der Waals surface area contributed by atoms with Gasteiger partial charge in [-0.1, -0.05) is 0 Å². The van der Waals surface area contributed by atoms with Crippen LogP contribution in [0.4, 0.5) is 0 Å². The summed E-state index contributed by atoms with van der Waals surface area (Å²) in [5.74, 6) is 0. The van der Waals surface area contributed by atoms with E-state index in [0.717, 1.165) is 0 Å². The summed E-state index contributed by atoms with van der Waals surface area (Å²) in [6.45, 7) is 1.44. The molecule has 0 atom stereocenters. The van der Waals surface area contributed by atoms with Gasteiger partial charge in [0.15, 0.2) is 4.69 Å². The molecule has 0 saturated carbocycles. The molecule has 3 heteroatoms. The molecule has 0 aromatic heterocycles. The third kappa shape index (κ3) is 1510. The molecule has 0 fully saturated rings. The van der Waals surface area contributed by atoms with Gasteiger partial charge in [0.2, 0.25) is 0 Å². The number of halogens is 1. The summed E-state index contributed by atoms with van der Waals surface area (Å²) in [6, 6.07) is 0. The highest BCUT2D eigenvalue weighted by molar-refractivity contribution is 9.18. The third-order valence-corrected chi connectivity index (χ3v) is 0. The average Bonchev–Trinajstić information content (AvgIpc) is 0.811. The minimum absolute atomic E-state index is 0. The molecule has 0 aromatic rings. The number of hydrogen-bond donors (Lipinski definition) is 1. The summed E-state index contributed by atoms with van der Waals surface area (Å²) in [7, 11) is 0. The van der Waals surface area contributed by atoms with Crippen molar-refractivity contribution in [1.29, 1.82) is 0 Å². The Kier molecular flexibility index (Phi) is 7.34. The van der Waals surface area contributed by atoms with Gasteiger partial charge in [-0.05, 0) is 15.9 Å². The lowest BCUT2D eigenvalue weighted by molar-refractivity contribution is -0.108. The molecule has 0 heterocycles. The van der Waals surface area contributed by atoms with Crippen molar-refractivity contribution in [2.45, 2.75) is 6.92 Å². The molecule has 0 radical (unpaired) electrons. The lowest BCUT2D eigenvalue weighted by atomic mass is 11.0. The number of rotatable bonds is 0. The Morgan fingerprint density at radius 1 is 1.80 bits per heavy atom. The molecule has 0 spiro atoms. The van der Waals surface area contributed by atoms with Crippen LogP contribution in [0.2, 0.25) is 0 Å². The van der Waals surface area contributed by atoms with Crippen LogP contribution in [0.15, 0.2) is 0 Å². The van der Waals surface area contributed by atoms with Gasteiger partial charge in [0.1, 0.15) is 0 Å². The van der Waals surface area contributed by atoms with E-state index in [1.54, 1.807) is 0 Å². The van der Waals surface area contributed by atoms with Crippen LogP contribution in [0.1, 0.15) is 6.92 Å². The number of hydrogen-bond acceptors (Lipinski definition) is 2. The topological polar surface area (TPSA) is 52.1 Å². The van der Waals surface area contributed by atoms with Gasteiger partial charge in [0, 0.05) is 6.92 Å². The van der Waals surface area contributed by atoms with E-state index in [1.165, 1.54) is 6.92 Å². The zero-order valence-corrected chi connectivity index (χ0v) is 4.58. The second-order valence-corrected chi connectivity index (χ2v) is 1.59. The average molecular weight is 140 g/mol. The summed E-state index contributed by atoms with van der Waals surface area (Å²) in [6.07, 6.45) is 0. The highest BCUT2D eigenvalue weighted by Gasteiger charge is 1.66. The van der Waals surface area contributed by atoms with Crippen LogP contribution in [0.3, 0.4) is 0 Å². The minimum atomic E-state index is -0.0208. The Bertz CT molecular complexity index is 32.6. The van der Waals surface area contributed by atoms with Gasteiger partial charge in [0.05, 0.1) is 0 Å². The minimum Gasteiger partial charge on any atom is -0.344 e. The van der Waals surface area contributed by atoms with Crippen LogP contribution in [0, 0.1) is 0 Å². The fourth-order valence-corrected chi connectivity index (χ4v) is 0. The van der Waals surface area contributed by atoms with Crippen LogP contribution in [-0.2, 0) is 4.79 Å². The maximum absolute atomic E-state index is 9.36. The quantitative estimate of drug-likeness (QED) is 0.512. The number of carbonyl (C=O) groups excluding carboxylic acids is 1. The lowest BCUT2D eigenvalue weighted by Crippen LogP contribution is -1.60. The second kappa shape index (κ2) is 4.11. The van der Waals surface area contributed by atoms with Gasteiger partial charge in [-0.25, -0.2) is 0 Å². The molecule has 32 valence electrons. The Morgan fingerprint density at radius 3 is 1.80 bits per heavy atom. The largest absolute Gasteiger partial charge is 0.344 e. The molecule has 0 aliphatic carbocycles. The second-order valence-electron chi connectivity index (χ2n) is 0.470. The van der Waals surface area contributed by atoms with Crippen LogP contribution >= 0.6 is 15.9 Å². The summed E-state index contributed by atoms with van der Waals surface area (Å²) in [5, 5.41) is 0. The normalized spacial score (nSPS) is 5.20. The third-order valence-electron chi connectivity index (χ3n) is 0. The van der Waals surface area contributed by atoms with Gasteiger partial charge in [-0.15, -0.1) is 0 Å². The van der Waals surface area contributed by atoms with E-state index in [0.29, 0.717) is 0 Å². The van der Waals surface area contributed by atoms with Gasteiger partial charge < -0.3 is 6.15 Å². The van der Waals surface area contributed by atoms with Crippen molar-refractivity contribution in [1.82, 2.24) is 6.15 Å². The van der Waals surface area contributed by atoms with Crippen LogP contribution in [0.5, 0.6) is 0 Å². The fraction of sp³-hybridized carbons (Fsp3) is 0.500. The lowest BCUT2D eigenvalue weighted by Gasteiger charge is -1.52. The van der Waals surface area contributed by atoms with E-state index in [1.807, 2.05) is 0 Å². The smallest absolute Gasteiger partial charge is 0.194 e. The van der Waals surface area contributed by atoms with Crippen molar-refractivity contribution < 1.29 is 4.79 Å². The molecular formula is C2H6BrNO. The molecule has 5 heavy (non-hydrogen) atoms. The monoisotopic (exact) mass is 139 g/mol. The first-order valence-electron chi connectivity index (χ1n) is 0.893. The van der Waals surface area contributed by atoms with Crippen molar-refractivity contribution in [2.75, 3.05) is 0 Å². The predicted octanol–water partition coefficient (Wildman–Crippen LogP) is 1.09. The molecule has 0 rings (SSSR count). The molecule has 0 bridgehead atoms. The molecule has 0 unspecified atom stereocenters. The van der Waals surface area contributed by atoms with Crippen molar-refractivity contribution in [3.8, 4) is 0 Å². The molecule has 0 saturated heterocycles. The maximum atomic E-state index is 9.36. The highest BCUT2D eigenvalue weighted by atomic mass is 79.9. The van der Waals surface area contributed by atoms with E-state index < -0.39 is 0 Å². The Hall–Kier alpha value is 0.110. The SMILES string of the molecule is CC(=O)Br.N.